The van der Waals surface area contributed by atoms with Crippen LogP contribution in [0.25, 0.3) is 6.08 Å². The lowest BCUT2D eigenvalue weighted by molar-refractivity contribution is -0.140. The predicted molar refractivity (Wildman–Crippen MR) is 104 cm³/mol. The van der Waals surface area contributed by atoms with Gasteiger partial charge in [0.05, 0.1) is 13.7 Å². The van der Waals surface area contributed by atoms with Crippen molar-refractivity contribution in [3.63, 3.8) is 0 Å². The van der Waals surface area contributed by atoms with E-state index in [0.717, 1.165) is 11.1 Å². The van der Waals surface area contributed by atoms with Gasteiger partial charge in [0.15, 0.2) is 17.6 Å². The Bertz CT molecular complexity index is 821. The average molecular weight is 368 g/mol. The molecule has 0 aliphatic rings. The van der Waals surface area contributed by atoms with E-state index in [1.807, 2.05) is 26.0 Å². The molecule has 0 radical (unpaired) electrons. The molecule has 2 aromatic carbocycles. The molecule has 142 valence electrons. The Hall–Kier alpha value is -3.08. The SMILES string of the molecule is CCOc1ccc(/C=C/C(=O)O[C@@H](C)C(=O)c2ccc(C)cc2)cc1OC. The number of ketones is 1. The largest absolute Gasteiger partial charge is 0.493 e. The van der Waals surface area contributed by atoms with Crippen LogP contribution in [0.5, 0.6) is 11.5 Å². The molecule has 0 bridgehead atoms. The number of aryl methyl sites for hydroxylation is 1. The van der Waals surface area contributed by atoms with E-state index in [2.05, 4.69) is 0 Å². The molecule has 0 saturated heterocycles. The highest BCUT2D eigenvalue weighted by Gasteiger charge is 2.18. The Labute approximate surface area is 159 Å². The van der Waals surface area contributed by atoms with Gasteiger partial charge in [0.1, 0.15) is 0 Å². The number of carbonyl (C=O) groups excluding carboxylic acids is 2. The molecule has 0 aliphatic heterocycles. The first kappa shape index (κ1) is 20.2. The number of hydrogen-bond donors (Lipinski definition) is 0. The first-order valence-electron chi connectivity index (χ1n) is 8.75. The third-order valence-corrected chi connectivity index (χ3v) is 3.90. The van der Waals surface area contributed by atoms with Crippen molar-refractivity contribution in [3.8, 4) is 11.5 Å². The fourth-order valence-electron chi connectivity index (χ4n) is 2.45. The summed E-state index contributed by atoms with van der Waals surface area (Å²) in [5.41, 5.74) is 2.33. The van der Waals surface area contributed by atoms with Crippen LogP contribution in [0.1, 0.15) is 35.3 Å². The number of methoxy groups -OCH3 is 1. The van der Waals surface area contributed by atoms with Crippen LogP contribution in [-0.4, -0.2) is 31.6 Å². The molecular formula is C22H24O5. The van der Waals surface area contributed by atoms with E-state index in [9.17, 15) is 9.59 Å². The molecule has 27 heavy (non-hydrogen) atoms. The third kappa shape index (κ3) is 5.71. The smallest absolute Gasteiger partial charge is 0.331 e. The Morgan fingerprint density at radius 2 is 1.78 bits per heavy atom. The maximum absolute atomic E-state index is 12.3. The van der Waals surface area contributed by atoms with Crippen LogP contribution in [0.4, 0.5) is 0 Å². The Morgan fingerprint density at radius 3 is 2.41 bits per heavy atom. The fourth-order valence-corrected chi connectivity index (χ4v) is 2.45. The van der Waals surface area contributed by atoms with Crippen molar-refractivity contribution in [2.24, 2.45) is 0 Å². The van der Waals surface area contributed by atoms with E-state index in [0.29, 0.717) is 23.7 Å². The van der Waals surface area contributed by atoms with E-state index in [1.54, 1.807) is 50.4 Å². The zero-order chi connectivity index (χ0) is 19.8. The molecule has 2 rings (SSSR count). The fraction of sp³-hybridized carbons (Fsp3) is 0.273. The molecule has 1 atom stereocenters. The normalized spacial score (nSPS) is 11.9. The number of ether oxygens (including phenoxy) is 3. The number of rotatable bonds is 8. The van der Waals surface area contributed by atoms with E-state index in [4.69, 9.17) is 14.2 Å². The van der Waals surface area contributed by atoms with Gasteiger partial charge in [-0.25, -0.2) is 4.79 Å². The molecule has 0 aliphatic carbocycles. The summed E-state index contributed by atoms with van der Waals surface area (Å²) in [5, 5.41) is 0. The van der Waals surface area contributed by atoms with Gasteiger partial charge in [-0.3, -0.25) is 4.79 Å². The second-order valence-corrected chi connectivity index (χ2v) is 5.99. The Balaban J connectivity index is 2.00. The van der Waals surface area contributed by atoms with E-state index >= 15 is 0 Å². The van der Waals surface area contributed by atoms with Crippen LogP contribution in [0.15, 0.2) is 48.5 Å². The van der Waals surface area contributed by atoms with Gasteiger partial charge in [-0.05, 0) is 44.5 Å². The van der Waals surface area contributed by atoms with Gasteiger partial charge in [-0.2, -0.15) is 0 Å². The van der Waals surface area contributed by atoms with Crippen LogP contribution in [0.2, 0.25) is 0 Å². The minimum atomic E-state index is -0.861. The van der Waals surface area contributed by atoms with Gasteiger partial charge in [-0.1, -0.05) is 35.9 Å². The van der Waals surface area contributed by atoms with Gasteiger partial charge >= 0.3 is 5.97 Å². The first-order chi connectivity index (χ1) is 12.9. The van der Waals surface area contributed by atoms with Crippen LogP contribution in [-0.2, 0) is 9.53 Å². The molecule has 0 fully saturated rings. The second kappa shape index (κ2) is 9.57. The summed E-state index contributed by atoms with van der Waals surface area (Å²) in [4.78, 5) is 24.3. The molecule has 5 nitrogen and oxygen atoms in total. The molecule has 0 N–H and O–H groups in total. The maximum Gasteiger partial charge on any atom is 0.331 e. The molecule has 2 aromatic rings. The molecule has 0 saturated carbocycles. The highest BCUT2D eigenvalue weighted by Crippen LogP contribution is 2.28. The second-order valence-electron chi connectivity index (χ2n) is 5.99. The van der Waals surface area contributed by atoms with Gasteiger partial charge in [0, 0.05) is 11.6 Å². The summed E-state index contributed by atoms with van der Waals surface area (Å²) >= 11 is 0. The summed E-state index contributed by atoms with van der Waals surface area (Å²) in [7, 11) is 1.55. The van der Waals surface area contributed by atoms with E-state index < -0.39 is 12.1 Å². The highest BCUT2D eigenvalue weighted by atomic mass is 16.5. The van der Waals surface area contributed by atoms with Crippen LogP contribution >= 0.6 is 0 Å². The zero-order valence-electron chi connectivity index (χ0n) is 16.0. The third-order valence-electron chi connectivity index (χ3n) is 3.90. The minimum Gasteiger partial charge on any atom is -0.493 e. The van der Waals surface area contributed by atoms with Gasteiger partial charge in [0.2, 0.25) is 5.78 Å². The van der Waals surface area contributed by atoms with Crippen molar-refractivity contribution in [3.05, 3.63) is 65.2 Å². The Morgan fingerprint density at radius 1 is 1.07 bits per heavy atom. The summed E-state index contributed by atoms with van der Waals surface area (Å²) in [6, 6.07) is 12.5. The zero-order valence-corrected chi connectivity index (χ0v) is 16.0. The van der Waals surface area contributed by atoms with Gasteiger partial charge in [-0.15, -0.1) is 0 Å². The highest BCUT2D eigenvalue weighted by molar-refractivity contribution is 6.01. The van der Waals surface area contributed by atoms with Crippen molar-refractivity contribution in [2.45, 2.75) is 26.9 Å². The van der Waals surface area contributed by atoms with Crippen molar-refractivity contribution >= 4 is 17.8 Å². The van der Waals surface area contributed by atoms with Gasteiger partial charge in [0.25, 0.3) is 0 Å². The lowest BCUT2D eigenvalue weighted by Gasteiger charge is -2.11. The molecule has 0 unspecified atom stereocenters. The number of Topliss-reactive ketones (excluding diaryl/α,β-unsaturated/α-hetero) is 1. The topological polar surface area (TPSA) is 61.8 Å². The summed E-state index contributed by atoms with van der Waals surface area (Å²) in [6.07, 6.45) is 2.03. The molecule has 0 heterocycles. The maximum atomic E-state index is 12.3. The van der Waals surface area contributed by atoms with Crippen LogP contribution in [0.3, 0.4) is 0 Å². The monoisotopic (exact) mass is 368 g/mol. The van der Waals surface area contributed by atoms with Crippen LogP contribution in [0, 0.1) is 6.92 Å². The summed E-state index contributed by atoms with van der Waals surface area (Å²) in [5.74, 6) is 0.391. The molecule has 0 amide bonds. The molecule has 0 aromatic heterocycles. The summed E-state index contributed by atoms with van der Waals surface area (Å²) in [6.45, 7) is 5.93. The van der Waals surface area contributed by atoms with Crippen molar-refractivity contribution < 1.29 is 23.8 Å². The molecular weight excluding hydrogens is 344 g/mol. The first-order valence-corrected chi connectivity index (χ1v) is 8.75. The number of hydrogen-bond acceptors (Lipinski definition) is 5. The lowest BCUT2D eigenvalue weighted by atomic mass is 10.1. The Kier molecular flexibility index (Phi) is 7.17. The minimum absolute atomic E-state index is 0.237. The quantitative estimate of drug-likeness (QED) is 0.396. The van der Waals surface area contributed by atoms with E-state index in [-0.39, 0.29) is 5.78 Å². The number of benzene rings is 2. The van der Waals surface area contributed by atoms with Crippen molar-refractivity contribution in [1.82, 2.24) is 0 Å². The predicted octanol–water partition coefficient (Wildman–Crippen LogP) is 4.23. The number of carbonyl (C=O) groups is 2. The standard InChI is InChI=1S/C22H24O5/c1-5-26-19-12-8-17(14-20(19)25-4)9-13-21(23)27-16(3)22(24)18-10-6-15(2)7-11-18/h6-14,16H,5H2,1-4H3/b13-9+/t16-/m0/s1. The number of esters is 1. The lowest BCUT2D eigenvalue weighted by Crippen LogP contribution is -2.23. The van der Waals surface area contributed by atoms with Crippen molar-refractivity contribution in [2.75, 3.05) is 13.7 Å². The molecule has 0 spiro atoms. The van der Waals surface area contributed by atoms with E-state index in [1.165, 1.54) is 6.08 Å². The van der Waals surface area contributed by atoms with Gasteiger partial charge < -0.3 is 14.2 Å². The van der Waals surface area contributed by atoms with Crippen molar-refractivity contribution in [1.29, 1.82) is 0 Å². The molecule has 5 heteroatoms. The summed E-state index contributed by atoms with van der Waals surface area (Å²) < 4.78 is 15.9. The average Bonchev–Trinajstić information content (AvgIpc) is 2.67. The van der Waals surface area contributed by atoms with Crippen LogP contribution < -0.4 is 9.47 Å².